The number of rotatable bonds is 6. The van der Waals surface area contributed by atoms with Crippen LogP contribution in [0.4, 0.5) is 10.2 Å². The number of methoxy groups -OCH3 is 1. The van der Waals surface area contributed by atoms with E-state index in [-0.39, 0.29) is 5.82 Å². The topological polar surface area (TPSA) is 59.9 Å². The minimum Gasteiger partial charge on any atom is -0.496 e. The smallest absolute Gasteiger partial charge is 0.129 e. The van der Waals surface area contributed by atoms with Crippen molar-refractivity contribution in [3.05, 3.63) is 66.0 Å². The maximum atomic E-state index is 13.4. The molecule has 0 aliphatic heterocycles. The van der Waals surface area contributed by atoms with Crippen molar-refractivity contribution >= 4 is 5.82 Å². The summed E-state index contributed by atoms with van der Waals surface area (Å²) in [7, 11) is 1.58. The van der Waals surface area contributed by atoms with Crippen molar-refractivity contribution in [2.45, 2.75) is 13.3 Å². The van der Waals surface area contributed by atoms with Gasteiger partial charge in [0.2, 0.25) is 0 Å². The number of aromatic nitrogens is 3. The van der Waals surface area contributed by atoms with Gasteiger partial charge in [-0.05, 0) is 49.2 Å². The van der Waals surface area contributed by atoms with Crippen LogP contribution in [0.2, 0.25) is 0 Å². The Morgan fingerprint density at radius 1 is 1.08 bits per heavy atom. The quantitative estimate of drug-likeness (QED) is 0.743. The van der Waals surface area contributed by atoms with E-state index >= 15 is 0 Å². The molecule has 3 aromatic rings. The van der Waals surface area contributed by atoms with Crippen LogP contribution in [0.15, 0.2) is 48.9 Å². The molecule has 128 valence electrons. The Morgan fingerprint density at radius 3 is 2.72 bits per heavy atom. The van der Waals surface area contributed by atoms with E-state index in [1.165, 1.54) is 18.5 Å². The highest BCUT2D eigenvalue weighted by molar-refractivity contribution is 5.61. The van der Waals surface area contributed by atoms with E-state index in [0.717, 1.165) is 22.5 Å². The van der Waals surface area contributed by atoms with Gasteiger partial charge in [-0.15, -0.1) is 0 Å². The highest BCUT2D eigenvalue weighted by atomic mass is 19.1. The van der Waals surface area contributed by atoms with E-state index in [1.54, 1.807) is 19.4 Å². The number of nitrogens with zero attached hydrogens (tertiary/aromatic N) is 3. The number of nitrogens with one attached hydrogen (secondary N) is 1. The van der Waals surface area contributed by atoms with Gasteiger partial charge in [-0.25, -0.2) is 14.4 Å². The van der Waals surface area contributed by atoms with Crippen LogP contribution in [0.1, 0.15) is 11.3 Å². The SMILES string of the molecule is COc1ccc(F)cc1CCNc1cc(-c2ccc(C)nc2)ncn1. The van der Waals surface area contributed by atoms with Crippen LogP contribution in [0, 0.1) is 12.7 Å². The van der Waals surface area contributed by atoms with Gasteiger partial charge in [0.1, 0.15) is 23.7 Å². The number of pyridine rings is 1. The van der Waals surface area contributed by atoms with Crippen molar-refractivity contribution in [2.75, 3.05) is 19.0 Å². The summed E-state index contributed by atoms with van der Waals surface area (Å²) in [6.07, 6.45) is 3.92. The number of hydrogen-bond donors (Lipinski definition) is 1. The molecule has 25 heavy (non-hydrogen) atoms. The number of ether oxygens (including phenoxy) is 1. The first-order valence-corrected chi connectivity index (χ1v) is 7.97. The Balaban J connectivity index is 1.67. The van der Waals surface area contributed by atoms with Crippen LogP contribution in [0.3, 0.4) is 0 Å². The molecule has 2 heterocycles. The fourth-order valence-corrected chi connectivity index (χ4v) is 2.50. The monoisotopic (exact) mass is 338 g/mol. The third-order valence-electron chi connectivity index (χ3n) is 3.82. The van der Waals surface area contributed by atoms with E-state index in [2.05, 4.69) is 20.3 Å². The first-order valence-electron chi connectivity index (χ1n) is 7.97. The Labute approximate surface area is 145 Å². The van der Waals surface area contributed by atoms with Crippen molar-refractivity contribution in [1.29, 1.82) is 0 Å². The Morgan fingerprint density at radius 2 is 1.96 bits per heavy atom. The van der Waals surface area contributed by atoms with Crippen LogP contribution in [0.25, 0.3) is 11.3 Å². The number of anilines is 1. The lowest BCUT2D eigenvalue weighted by Crippen LogP contribution is -2.08. The molecule has 0 fully saturated rings. The minimum atomic E-state index is -0.271. The van der Waals surface area contributed by atoms with Gasteiger partial charge in [0.25, 0.3) is 0 Å². The van der Waals surface area contributed by atoms with Gasteiger partial charge in [0, 0.05) is 30.1 Å². The van der Waals surface area contributed by atoms with E-state index < -0.39 is 0 Å². The summed E-state index contributed by atoms with van der Waals surface area (Å²) in [5, 5.41) is 3.24. The van der Waals surface area contributed by atoms with Crippen molar-refractivity contribution in [2.24, 2.45) is 0 Å². The first kappa shape index (κ1) is 16.8. The molecule has 1 aromatic carbocycles. The van der Waals surface area contributed by atoms with Gasteiger partial charge in [-0.3, -0.25) is 4.98 Å². The molecule has 0 aliphatic carbocycles. The number of aryl methyl sites for hydroxylation is 1. The molecule has 5 nitrogen and oxygen atoms in total. The van der Waals surface area contributed by atoms with Gasteiger partial charge in [0.05, 0.1) is 12.8 Å². The number of halogens is 1. The molecule has 0 aliphatic rings. The zero-order valence-electron chi connectivity index (χ0n) is 14.2. The third kappa shape index (κ3) is 4.29. The van der Waals surface area contributed by atoms with Crippen molar-refractivity contribution in [3.63, 3.8) is 0 Å². The second-order valence-corrected chi connectivity index (χ2v) is 5.61. The number of hydrogen-bond acceptors (Lipinski definition) is 5. The molecule has 3 rings (SSSR count). The largest absolute Gasteiger partial charge is 0.496 e. The lowest BCUT2D eigenvalue weighted by atomic mass is 10.1. The molecule has 6 heteroatoms. The molecule has 0 spiro atoms. The van der Waals surface area contributed by atoms with Crippen LogP contribution in [-0.4, -0.2) is 28.6 Å². The molecule has 2 aromatic heterocycles. The van der Waals surface area contributed by atoms with Crippen molar-refractivity contribution in [3.8, 4) is 17.0 Å². The predicted molar refractivity (Wildman–Crippen MR) is 95.1 cm³/mol. The maximum Gasteiger partial charge on any atom is 0.129 e. The first-order chi connectivity index (χ1) is 12.2. The fourth-order valence-electron chi connectivity index (χ4n) is 2.50. The van der Waals surface area contributed by atoms with E-state index in [4.69, 9.17) is 4.74 Å². The maximum absolute atomic E-state index is 13.4. The van der Waals surface area contributed by atoms with Crippen LogP contribution >= 0.6 is 0 Å². The fraction of sp³-hybridized carbons (Fsp3) is 0.211. The summed E-state index contributed by atoms with van der Waals surface area (Å²) in [5.74, 6) is 1.12. The Hall–Kier alpha value is -3.02. The normalized spacial score (nSPS) is 10.5. The van der Waals surface area contributed by atoms with Gasteiger partial charge in [0.15, 0.2) is 0 Å². The van der Waals surface area contributed by atoms with Crippen molar-refractivity contribution < 1.29 is 9.13 Å². The van der Waals surface area contributed by atoms with Crippen LogP contribution in [0.5, 0.6) is 5.75 Å². The average Bonchev–Trinajstić information content (AvgIpc) is 2.63. The minimum absolute atomic E-state index is 0.271. The van der Waals surface area contributed by atoms with Crippen LogP contribution in [-0.2, 0) is 6.42 Å². The van der Waals surface area contributed by atoms with Gasteiger partial charge in [-0.2, -0.15) is 0 Å². The summed E-state index contributed by atoms with van der Waals surface area (Å²) in [5.41, 5.74) is 3.50. The second-order valence-electron chi connectivity index (χ2n) is 5.61. The summed E-state index contributed by atoms with van der Waals surface area (Å²) >= 11 is 0. The third-order valence-corrected chi connectivity index (χ3v) is 3.82. The lowest BCUT2D eigenvalue weighted by molar-refractivity contribution is 0.408. The Kier molecular flexibility index (Phi) is 5.18. The average molecular weight is 338 g/mol. The van der Waals surface area contributed by atoms with Gasteiger partial charge in [-0.1, -0.05) is 0 Å². The molecule has 1 N–H and O–H groups in total. The number of benzene rings is 1. The lowest BCUT2D eigenvalue weighted by Gasteiger charge is -2.10. The molecule has 0 saturated carbocycles. The van der Waals surface area contributed by atoms with E-state index in [9.17, 15) is 4.39 Å². The van der Waals surface area contributed by atoms with E-state index in [0.29, 0.717) is 24.5 Å². The van der Waals surface area contributed by atoms with Gasteiger partial charge >= 0.3 is 0 Å². The highest BCUT2D eigenvalue weighted by Crippen LogP contribution is 2.21. The predicted octanol–water partition coefficient (Wildman–Crippen LogP) is 3.65. The van der Waals surface area contributed by atoms with E-state index in [1.807, 2.05) is 25.1 Å². The zero-order chi connectivity index (χ0) is 17.6. The molecular formula is C19H19FN4O. The summed E-state index contributed by atoms with van der Waals surface area (Å²) in [4.78, 5) is 12.8. The second kappa shape index (κ2) is 7.70. The van der Waals surface area contributed by atoms with Crippen LogP contribution < -0.4 is 10.1 Å². The molecule has 0 unspecified atom stereocenters. The summed E-state index contributed by atoms with van der Waals surface area (Å²) in [6.45, 7) is 2.54. The summed E-state index contributed by atoms with van der Waals surface area (Å²) in [6, 6.07) is 10.3. The molecule has 0 amide bonds. The highest BCUT2D eigenvalue weighted by Gasteiger charge is 2.06. The Bertz CT molecular complexity index is 852. The standard InChI is InChI=1S/C19H19FN4O/c1-13-3-4-15(11-22-13)17-10-19(24-12-23-17)21-8-7-14-9-16(20)5-6-18(14)25-2/h3-6,9-12H,7-8H2,1-2H3,(H,21,23,24). The molecular weight excluding hydrogens is 319 g/mol. The zero-order valence-corrected chi connectivity index (χ0v) is 14.2. The molecule has 0 saturated heterocycles. The molecule has 0 radical (unpaired) electrons. The van der Waals surface area contributed by atoms with Crippen molar-refractivity contribution in [1.82, 2.24) is 15.0 Å². The molecule has 0 atom stereocenters. The van der Waals surface area contributed by atoms with Gasteiger partial charge < -0.3 is 10.1 Å². The summed E-state index contributed by atoms with van der Waals surface area (Å²) < 4.78 is 18.7. The molecule has 0 bridgehead atoms.